The van der Waals surface area contributed by atoms with Gasteiger partial charge >= 0.3 is 0 Å². The Morgan fingerprint density at radius 2 is 2.00 bits per heavy atom. The van der Waals surface area contributed by atoms with E-state index in [1.165, 1.54) is 6.42 Å². The van der Waals surface area contributed by atoms with E-state index in [-0.39, 0.29) is 0 Å². The average Bonchev–Trinajstić information content (AvgIpc) is 2.24. The molecule has 0 saturated carbocycles. The molecule has 0 radical (unpaired) electrons. The van der Waals surface area contributed by atoms with Crippen molar-refractivity contribution in [2.24, 2.45) is 5.92 Å². The molecule has 0 aliphatic heterocycles. The zero-order valence-electron chi connectivity index (χ0n) is 9.18. The summed E-state index contributed by atoms with van der Waals surface area (Å²) in [6.45, 7) is 2.94. The highest BCUT2D eigenvalue weighted by atomic mass is 79.9. The number of benzene rings is 1. The molecule has 0 bridgehead atoms. The maximum Gasteiger partial charge on any atom is 0.120 e. The molecule has 0 spiro atoms. The summed E-state index contributed by atoms with van der Waals surface area (Å²) in [6.07, 6.45) is 2.22. The first kappa shape index (κ1) is 14.1. The second-order valence-electron chi connectivity index (χ2n) is 3.80. The molecule has 0 aliphatic rings. The van der Waals surface area contributed by atoms with Crippen LogP contribution in [-0.2, 0) is 0 Å². The Morgan fingerprint density at radius 1 is 1.25 bits per heavy atom. The number of hydrogen-bond acceptors (Lipinski definition) is 1. The van der Waals surface area contributed by atoms with Crippen molar-refractivity contribution in [2.45, 2.75) is 19.8 Å². The first-order chi connectivity index (χ1) is 7.63. The van der Waals surface area contributed by atoms with E-state index in [1.807, 2.05) is 6.07 Å². The maximum atomic E-state index is 5.89. The minimum atomic E-state index is 0.535. The predicted molar refractivity (Wildman–Crippen MR) is 74.1 cm³/mol. The zero-order chi connectivity index (χ0) is 12.0. The van der Waals surface area contributed by atoms with E-state index in [0.29, 0.717) is 22.6 Å². The largest absolute Gasteiger partial charge is 0.494 e. The van der Waals surface area contributed by atoms with Gasteiger partial charge in [-0.2, -0.15) is 0 Å². The fraction of sp³-hybridized carbons (Fsp3) is 0.500. The van der Waals surface area contributed by atoms with Crippen molar-refractivity contribution in [3.63, 3.8) is 0 Å². The van der Waals surface area contributed by atoms with Crippen LogP contribution in [0.15, 0.2) is 18.2 Å². The number of halogens is 3. The molecule has 1 nitrogen and oxygen atoms in total. The molecule has 1 aromatic carbocycles. The number of ether oxygens (including phenoxy) is 1. The van der Waals surface area contributed by atoms with Crippen LogP contribution < -0.4 is 4.74 Å². The van der Waals surface area contributed by atoms with Crippen LogP contribution >= 0.6 is 39.1 Å². The minimum Gasteiger partial charge on any atom is -0.494 e. The van der Waals surface area contributed by atoms with Gasteiger partial charge in [0.05, 0.1) is 16.7 Å². The molecule has 0 aromatic heterocycles. The monoisotopic (exact) mass is 324 g/mol. The smallest absolute Gasteiger partial charge is 0.120 e. The fourth-order valence-electron chi connectivity index (χ4n) is 1.28. The van der Waals surface area contributed by atoms with Gasteiger partial charge in [0.25, 0.3) is 0 Å². The van der Waals surface area contributed by atoms with Gasteiger partial charge in [0.2, 0.25) is 0 Å². The van der Waals surface area contributed by atoms with Gasteiger partial charge in [-0.25, -0.2) is 0 Å². The second-order valence-corrected chi connectivity index (χ2v) is 5.40. The Kier molecular flexibility index (Phi) is 6.55. The summed E-state index contributed by atoms with van der Waals surface area (Å²) in [6, 6.07) is 5.34. The van der Waals surface area contributed by atoms with E-state index in [9.17, 15) is 0 Å². The summed E-state index contributed by atoms with van der Waals surface area (Å²) in [5, 5.41) is 2.13. The first-order valence-corrected chi connectivity index (χ1v) is 7.15. The van der Waals surface area contributed by atoms with Crippen LogP contribution in [0.4, 0.5) is 0 Å². The van der Waals surface area contributed by atoms with Gasteiger partial charge in [-0.05, 0) is 30.9 Å². The molecule has 90 valence electrons. The molecule has 0 N–H and O–H groups in total. The number of hydrogen-bond donors (Lipinski definition) is 0. The Balaban J connectivity index is 2.34. The molecule has 0 amide bonds. The van der Waals surface area contributed by atoms with E-state index in [2.05, 4.69) is 22.9 Å². The standard InChI is InChI=1S/C12H15BrCl2O/c1-9(4-6-13)5-7-16-10-2-3-11(14)12(15)8-10/h2-3,8-9H,4-7H2,1H3. The van der Waals surface area contributed by atoms with Crippen LogP contribution in [0, 0.1) is 5.92 Å². The van der Waals surface area contributed by atoms with Crippen molar-refractivity contribution >= 4 is 39.1 Å². The Hall–Kier alpha value is 0.0800. The van der Waals surface area contributed by atoms with Crippen LogP contribution in [0.1, 0.15) is 19.8 Å². The van der Waals surface area contributed by atoms with E-state index in [0.717, 1.165) is 17.5 Å². The maximum absolute atomic E-state index is 5.89. The van der Waals surface area contributed by atoms with E-state index >= 15 is 0 Å². The van der Waals surface area contributed by atoms with Crippen molar-refractivity contribution in [2.75, 3.05) is 11.9 Å². The molecule has 0 heterocycles. The predicted octanol–water partition coefficient (Wildman–Crippen LogP) is 5.18. The zero-order valence-corrected chi connectivity index (χ0v) is 12.3. The summed E-state index contributed by atoms with van der Waals surface area (Å²) in [5.74, 6) is 1.45. The molecular weight excluding hydrogens is 311 g/mol. The summed E-state index contributed by atoms with van der Waals surface area (Å²) < 4.78 is 5.60. The lowest BCUT2D eigenvalue weighted by atomic mass is 10.1. The third-order valence-corrected chi connectivity index (χ3v) is 3.57. The highest BCUT2D eigenvalue weighted by Gasteiger charge is 2.03. The number of rotatable bonds is 6. The van der Waals surface area contributed by atoms with E-state index in [1.54, 1.807) is 12.1 Å². The molecule has 16 heavy (non-hydrogen) atoms. The third-order valence-electron chi connectivity index (χ3n) is 2.37. The van der Waals surface area contributed by atoms with Crippen LogP contribution in [0.3, 0.4) is 0 Å². The van der Waals surface area contributed by atoms with E-state index in [4.69, 9.17) is 27.9 Å². The molecule has 4 heteroatoms. The van der Waals surface area contributed by atoms with Gasteiger partial charge in [0.1, 0.15) is 5.75 Å². The second kappa shape index (κ2) is 7.41. The molecule has 1 rings (SSSR count). The van der Waals surface area contributed by atoms with Gasteiger partial charge in [0, 0.05) is 11.4 Å². The van der Waals surface area contributed by atoms with Gasteiger partial charge in [-0.15, -0.1) is 0 Å². The van der Waals surface area contributed by atoms with Crippen molar-refractivity contribution in [3.8, 4) is 5.75 Å². The lowest BCUT2D eigenvalue weighted by molar-refractivity contribution is 0.282. The quantitative estimate of drug-likeness (QED) is 0.654. The first-order valence-electron chi connectivity index (χ1n) is 5.27. The number of alkyl halides is 1. The van der Waals surface area contributed by atoms with Gasteiger partial charge in [-0.1, -0.05) is 46.1 Å². The van der Waals surface area contributed by atoms with Crippen LogP contribution in [-0.4, -0.2) is 11.9 Å². The molecule has 0 saturated heterocycles. The summed E-state index contributed by atoms with van der Waals surface area (Å²) in [4.78, 5) is 0. The minimum absolute atomic E-state index is 0.535. The molecule has 1 atom stereocenters. The summed E-state index contributed by atoms with van der Waals surface area (Å²) in [5.41, 5.74) is 0. The SMILES string of the molecule is CC(CCBr)CCOc1ccc(Cl)c(Cl)c1. The molecular formula is C12H15BrCl2O. The Morgan fingerprint density at radius 3 is 2.62 bits per heavy atom. The normalized spacial score (nSPS) is 12.5. The van der Waals surface area contributed by atoms with Crippen molar-refractivity contribution in [1.29, 1.82) is 0 Å². The van der Waals surface area contributed by atoms with E-state index < -0.39 is 0 Å². The van der Waals surface area contributed by atoms with Gasteiger partial charge < -0.3 is 4.74 Å². The Labute approximate surface area is 115 Å². The lowest BCUT2D eigenvalue weighted by Crippen LogP contribution is -2.04. The molecule has 0 fully saturated rings. The van der Waals surface area contributed by atoms with Gasteiger partial charge in [-0.3, -0.25) is 0 Å². The van der Waals surface area contributed by atoms with Crippen LogP contribution in [0.25, 0.3) is 0 Å². The highest BCUT2D eigenvalue weighted by molar-refractivity contribution is 9.09. The fourth-order valence-corrected chi connectivity index (χ4v) is 2.34. The van der Waals surface area contributed by atoms with Crippen LogP contribution in [0.5, 0.6) is 5.75 Å². The highest BCUT2D eigenvalue weighted by Crippen LogP contribution is 2.26. The lowest BCUT2D eigenvalue weighted by Gasteiger charge is -2.11. The topological polar surface area (TPSA) is 9.23 Å². The van der Waals surface area contributed by atoms with Crippen molar-refractivity contribution < 1.29 is 4.74 Å². The molecule has 0 aliphatic carbocycles. The third kappa shape index (κ3) is 4.94. The Bertz CT molecular complexity index is 331. The average molecular weight is 326 g/mol. The van der Waals surface area contributed by atoms with Crippen LogP contribution in [0.2, 0.25) is 10.0 Å². The van der Waals surface area contributed by atoms with Crippen molar-refractivity contribution in [1.82, 2.24) is 0 Å². The van der Waals surface area contributed by atoms with Gasteiger partial charge in [0.15, 0.2) is 0 Å². The summed E-state index contributed by atoms with van der Waals surface area (Å²) in [7, 11) is 0. The molecule has 1 aromatic rings. The molecule has 1 unspecified atom stereocenters. The summed E-state index contributed by atoms with van der Waals surface area (Å²) >= 11 is 15.1. The van der Waals surface area contributed by atoms with Crippen molar-refractivity contribution in [3.05, 3.63) is 28.2 Å².